The first-order chi connectivity index (χ1) is 12.9. The number of amides is 2. The van der Waals surface area contributed by atoms with Gasteiger partial charge in [0.2, 0.25) is 11.8 Å². The zero-order valence-electron chi connectivity index (χ0n) is 16.6. The monoisotopic (exact) mass is 366 g/mol. The van der Waals surface area contributed by atoms with E-state index in [-0.39, 0.29) is 11.8 Å². The molecule has 0 aromatic heterocycles. The van der Waals surface area contributed by atoms with Gasteiger partial charge in [0.05, 0.1) is 0 Å². The minimum atomic E-state index is -0.406. The lowest BCUT2D eigenvalue weighted by Gasteiger charge is -2.23. The smallest absolute Gasteiger partial charge is 0.225 e. The van der Waals surface area contributed by atoms with Crippen molar-refractivity contribution in [2.24, 2.45) is 5.41 Å². The molecule has 0 spiro atoms. The van der Waals surface area contributed by atoms with Crippen LogP contribution in [0.3, 0.4) is 0 Å². The highest BCUT2D eigenvalue weighted by atomic mass is 16.2. The molecule has 0 saturated heterocycles. The second-order valence-corrected chi connectivity index (χ2v) is 7.83. The van der Waals surface area contributed by atoms with Gasteiger partial charge in [0.1, 0.15) is 0 Å². The van der Waals surface area contributed by atoms with Gasteiger partial charge in [-0.25, -0.2) is 0 Å². The van der Waals surface area contributed by atoms with Crippen LogP contribution in [0.1, 0.15) is 44.7 Å². The Kier molecular flexibility index (Phi) is 7.59. The van der Waals surface area contributed by atoms with Crippen LogP contribution in [0, 0.1) is 5.41 Å². The summed E-state index contributed by atoms with van der Waals surface area (Å²) in [6.07, 6.45) is 1.06. The average Bonchev–Trinajstić information content (AvgIpc) is 2.65. The predicted molar refractivity (Wildman–Crippen MR) is 109 cm³/mol. The standard InChI is InChI=1S/C23H30N2O2/c1-23(2,3)22(27)24-16-10-15-21(26)25(17-19-11-6-4-7-12-19)18-20-13-8-5-9-14-20/h4-9,11-14H,10,15-18H2,1-3H3,(H,24,27). The molecule has 0 unspecified atom stereocenters. The molecule has 0 aliphatic carbocycles. The maximum atomic E-state index is 12.8. The van der Waals surface area contributed by atoms with Crippen molar-refractivity contribution in [3.05, 3.63) is 71.8 Å². The molecule has 0 radical (unpaired) electrons. The van der Waals surface area contributed by atoms with Gasteiger partial charge >= 0.3 is 0 Å². The van der Waals surface area contributed by atoms with Crippen LogP contribution < -0.4 is 5.32 Å². The lowest BCUT2D eigenvalue weighted by molar-refractivity contribution is -0.133. The predicted octanol–water partition coefficient (Wildman–Crippen LogP) is 4.16. The van der Waals surface area contributed by atoms with Crippen LogP contribution in [-0.2, 0) is 22.7 Å². The van der Waals surface area contributed by atoms with Crippen molar-refractivity contribution in [2.45, 2.75) is 46.7 Å². The molecule has 4 nitrogen and oxygen atoms in total. The highest BCUT2D eigenvalue weighted by Crippen LogP contribution is 2.14. The van der Waals surface area contributed by atoms with Crippen molar-refractivity contribution in [3.8, 4) is 0 Å². The zero-order chi connectivity index (χ0) is 19.7. The van der Waals surface area contributed by atoms with Gasteiger partial charge in [-0.3, -0.25) is 9.59 Å². The number of benzene rings is 2. The van der Waals surface area contributed by atoms with E-state index in [1.54, 1.807) is 0 Å². The summed E-state index contributed by atoms with van der Waals surface area (Å²) in [5.74, 6) is 0.119. The SMILES string of the molecule is CC(C)(C)C(=O)NCCCC(=O)N(Cc1ccccc1)Cc1ccccc1. The van der Waals surface area contributed by atoms with Gasteiger partial charge in [0.25, 0.3) is 0 Å². The summed E-state index contributed by atoms with van der Waals surface area (Å²) >= 11 is 0. The van der Waals surface area contributed by atoms with E-state index in [1.165, 1.54) is 0 Å². The molecular formula is C23H30N2O2. The number of carbonyl (C=O) groups is 2. The lowest BCUT2D eigenvalue weighted by atomic mass is 9.96. The fourth-order valence-electron chi connectivity index (χ4n) is 2.70. The summed E-state index contributed by atoms with van der Waals surface area (Å²) in [5.41, 5.74) is 1.82. The molecular weight excluding hydrogens is 336 g/mol. The molecule has 4 heteroatoms. The Morgan fingerprint density at radius 1 is 0.852 bits per heavy atom. The van der Waals surface area contributed by atoms with Crippen LogP contribution >= 0.6 is 0 Å². The van der Waals surface area contributed by atoms with Crippen LogP contribution in [0.15, 0.2) is 60.7 Å². The van der Waals surface area contributed by atoms with E-state index in [2.05, 4.69) is 5.32 Å². The molecule has 0 atom stereocenters. The first-order valence-electron chi connectivity index (χ1n) is 9.50. The third kappa shape index (κ3) is 7.26. The summed E-state index contributed by atoms with van der Waals surface area (Å²) in [5, 5.41) is 2.91. The topological polar surface area (TPSA) is 49.4 Å². The number of hydrogen-bond donors (Lipinski definition) is 1. The summed E-state index contributed by atoms with van der Waals surface area (Å²) in [6, 6.07) is 20.1. The van der Waals surface area contributed by atoms with Crippen molar-refractivity contribution in [1.29, 1.82) is 0 Å². The molecule has 2 aromatic carbocycles. The van der Waals surface area contributed by atoms with Gasteiger partial charge in [-0.15, -0.1) is 0 Å². The summed E-state index contributed by atoms with van der Waals surface area (Å²) < 4.78 is 0. The van der Waals surface area contributed by atoms with Crippen LogP contribution in [0.5, 0.6) is 0 Å². The van der Waals surface area contributed by atoms with E-state index in [0.29, 0.717) is 32.5 Å². The van der Waals surface area contributed by atoms with E-state index in [9.17, 15) is 9.59 Å². The van der Waals surface area contributed by atoms with Crippen molar-refractivity contribution in [2.75, 3.05) is 6.54 Å². The van der Waals surface area contributed by atoms with E-state index < -0.39 is 5.41 Å². The van der Waals surface area contributed by atoms with Crippen molar-refractivity contribution in [1.82, 2.24) is 10.2 Å². The molecule has 2 amide bonds. The molecule has 0 bridgehead atoms. The molecule has 144 valence electrons. The third-order valence-electron chi connectivity index (χ3n) is 4.32. The van der Waals surface area contributed by atoms with Crippen LogP contribution in [0.25, 0.3) is 0 Å². The van der Waals surface area contributed by atoms with Gasteiger partial charge in [-0.05, 0) is 17.5 Å². The van der Waals surface area contributed by atoms with E-state index in [0.717, 1.165) is 11.1 Å². The fourth-order valence-corrected chi connectivity index (χ4v) is 2.70. The fraction of sp³-hybridized carbons (Fsp3) is 0.391. The van der Waals surface area contributed by atoms with Crippen LogP contribution in [-0.4, -0.2) is 23.3 Å². The van der Waals surface area contributed by atoms with Gasteiger partial charge in [-0.1, -0.05) is 81.4 Å². The first kappa shape index (κ1) is 20.7. The summed E-state index contributed by atoms with van der Waals surface area (Å²) in [6.45, 7) is 7.34. The number of nitrogens with zero attached hydrogens (tertiary/aromatic N) is 1. The second-order valence-electron chi connectivity index (χ2n) is 7.83. The largest absolute Gasteiger partial charge is 0.356 e. The number of carbonyl (C=O) groups excluding carboxylic acids is 2. The van der Waals surface area contributed by atoms with E-state index in [4.69, 9.17) is 0 Å². The molecule has 2 rings (SSSR count). The molecule has 2 aromatic rings. The van der Waals surface area contributed by atoms with Gasteiger partial charge in [0.15, 0.2) is 0 Å². The molecule has 0 saturated carbocycles. The molecule has 0 aliphatic rings. The minimum Gasteiger partial charge on any atom is -0.356 e. The summed E-state index contributed by atoms with van der Waals surface area (Å²) in [4.78, 5) is 26.6. The lowest BCUT2D eigenvalue weighted by Crippen LogP contribution is -2.36. The molecule has 27 heavy (non-hydrogen) atoms. The average molecular weight is 367 g/mol. The number of nitrogens with one attached hydrogen (secondary N) is 1. The summed E-state index contributed by atoms with van der Waals surface area (Å²) in [7, 11) is 0. The highest BCUT2D eigenvalue weighted by Gasteiger charge is 2.20. The number of hydrogen-bond acceptors (Lipinski definition) is 2. The Hall–Kier alpha value is -2.62. The van der Waals surface area contributed by atoms with Gasteiger partial charge in [0, 0.05) is 31.5 Å². The van der Waals surface area contributed by atoms with Crippen LogP contribution in [0.4, 0.5) is 0 Å². The van der Waals surface area contributed by atoms with E-state index >= 15 is 0 Å². The quantitative estimate of drug-likeness (QED) is 0.713. The third-order valence-corrected chi connectivity index (χ3v) is 4.32. The zero-order valence-corrected chi connectivity index (χ0v) is 16.6. The highest BCUT2D eigenvalue weighted by molar-refractivity contribution is 5.81. The van der Waals surface area contributed by atoms with Gasteiger partial charge in [-0.2, -0.15) is 0 Å². The van der Waals surface area contributed by atoms with E-state index in [1.807, 2.05) is 86.3 Å². The molecule has 0 heterocycles. The Bertz CT molecular complexity index is 680. The molecule has 0 fully saturated rings. The number of rotatable bonds is 8. The molecule has 1 N–H and O–H groups in total. The normalized spacial score (nSPS) is 11.1. The first-order valence-corrected chi connectivity index (χ1v) is 9.50. The van der Waals surface area contributed by atoms with Crippen LogP contribution in [0.2, 0.25) is 0 Å². The van der Waals surface area contributed by atoms with Crippen molar-refractivity contribution in [3.63, 3.8) is 0 Å². The Labute approximate surface area is 162 Å². The maximum Gasteiger partial charge on any atom is 0.225 e. The Morgan fingerprint density at radius 2 is 1.33 bits per heavy atom. The molecule has 0 aliphatic heterocycles. The second kappa shape index (κ2) is 9.91. The minimum absolute atomic E-state index is 0.0142. The Morgan fingerprint density at radius 3 is 1.78 bits per heavy atom. The van der Waals surface area contributed by atoms with Crippen molar-refractivity contribution < 1.29 is 9.59 Å². The van der Waals surface area contributed by atoms with Crippen molar-refractivity contribution >= 4 is 11.8 Å². The maximum absolute atomic E-state index is 12.8. The Balaban J connectivity index is 1.93. The van der Waals surface area contributed by atoms with Gasteiger partial charge < -0.3 is 10.2 Å².